The standard InChI is InChI=1S/C25H22N2O7S/c1-5-10-33-24(30)21-14(2)26-25-27(23(29)20(35-25)13-17-7-6-11-32-17)22(21)16-8-9-18(34-15(3)28)19(12-16)31-4/h5-9,11-13,22H,1,10H2,2-4H3/b20-13-. The predicted molar refractivity (Wildman–Crippen MR) is 128 cm³/mol. The quantitative estimate of drug-likeness (QED) is 0.282. The normalized spacial score (nSPS) is 15.3. The smallest absolute Gasteiger partial charge is 0.338 e. The Labute approximate surface area is 203 Å². The Hall–Kier alpha value is -4.18. The van der Waals surface area contributed by atoms with Crippen LogP contribution in [0.15, 0.2) is 74.7 Å². The second kappa shape index (κ2) is 9.98. The van der Waals surface area contributed by atoms with E-state index in [1.54, 1.807) is 43.3 Å². The van der Waals surface area contributed by atoms with E-state index in [2.05, 4.69) is 11.6 Å². The molecule has 1 aliphatic heterocycles. The maximum atomic E-state index is 13.5. The van der Waals surface area contributed by atoms with Crippen molar-refractivity contribution >= 4 is 29.4 Å². The summed E-state index contributed by atoms with van der Waals surface area (Å²) in [4.78, 5) is 43.0. The molecule has 0 amide bonds. The predicted octanol–water partition coefficient (Wildman–Crippen LogP) is 2.49. The lowest BCUT2D eigenvalue weighted by Gasteiger charge is -2.25. The number of carbonyl (C=O) groups excluding carboxylic acids is 2. The van der Waals surface area contributed by atoms with Crippen molar-refractivity contribution in [3.8, 4) is 11.5 Å². The van der Waals surface area contributed by atoms with Crippen LogP contribution < -0.4 is 24.4 Å². The molecule has 1 aliphatic rings. The highest BCUT2D eigenvalue weighted by molar-refractivity contribution is 7.07. The fourth-order valence-corrected chi connectivity index (χ4v) is 4.73. The molecule has 35 heavy (non-hydrogen) atoms. The number of furan rings is 1. The first-order chi connectivity index (χ1) is 16.8. The lowest BCUT2D eigenvalue weighted by atomic mass is 9.95. The van der Waals surface area contributed by atoms with Crippen LogP contribution >= 0.6 is 11.3 Å². The van der Waals surface area contributed by atoms with E-state index in [1.807, 2.05) is 0 Å². The van der Waals surface area contributed by atoms with E-state index in [1.165, 1.54) is 42.3 Å². The van der Waals surface area contributed by atoms with E-state index in [0.29, 0.717) is 26.4 Å². The summed E-state index contributed by atoms with van der Waals surface area (Å²) in [5, 5.41) is 0. The molecule has 0 saturated heterocycles. The number of fused-ring (bicyclic) bond motifs is 1. The number of rotatable bonds is 7. The highest BCUT2D eigenvalue weighted by Gasteiger charge is 2.34. The van der Waals surface area contributed by atoms with Crippen LogP contribution in [-0.2, 0) is 14.3 Å². The zero-order chi connectivity index (χ0) is 25.1. The molecule has 0 aliphatic carbocycles. The van der Waals surface area contributed by atoms with E-state index in [9.17, 15) is 14.4 Å². The lowest BCUT2D eigenvalue weighted by Crippen LogP contribution is -2.40. The Morgan fingerprint density at radius 3 is 2.74 bits per heavy atom. The van der Waals surface area contributed by atoms with Gasteiger partial charge in [0.05, 0.1) is 35.2 Å². The summed E-state index contributed by atoms with van der Waals surface area (Å²) in [6.45, 7) is 6.55. The second-order valence-electron chi connectivity index (χ2n) is 7.49. The molecule has 0 radical (unpaired) electrons. The number of nitrogens with zero attached hydrogens (tertiary/aromatic N) is 2. The molecule has 1 unspecified atom stereocenters. The number of thiazole rings is 1. The largest absolute Gasteiger partial charge is 0.493 e. The van der Waals surface area contributed by atoms with Crippen LogP contribution in [-0.4, -0.2) is 30.2 Å². The van der Waals surface area contributed by atoms with Crippen LogP contribution in [0.5, 0.6) is 11.5 Å². The van der Waals surface area contributed by atoms with Crippen molar-refractivity contribution < 1.29 is 28.2 Å². The summed E-state index contributed by atoms with van der Waals surface area (Å²) in [5.41, 5.74) is 0.812. The molecule has 1 atom stereocenters. The zero-order valence-corrected chi connectivity index (χ0v) is 20.1. The number of aromatic nitrogens is 1. The van der Waals surface area contributed by atoms with Gasteiger partial charge in [0, 0.05) is 13.0 Å². The topological polar surface area (TPSA) is 109 Å². The first-order valence-corrected chi connectivity index (χ1v) is 11.4. The fraction of sp³-hybridized carbons (Fsp3) is 0.200. The van der Waals surface area contributed by atoms with Crippen LogP contribution in [0.25, 0.3) is 6.08 Å². The molecule has 0 saturated carbocycles. The van der Waals surface area contributed by atoms with Crippen molar-refractivity contribution in [3.05, 3.63) is 91.5 Å². The number of methoxy groups -OCH3 is 1. The Morgan fingerprint density at radius 1 is 1.29 bits per heavy atom. The van der Waals surface area contributed by atoms with Gasteiger partial charge in [0.15, 0.2) is 16.3 Å². The Balaban J connectivity index is 1.94. The minimum Gasteiger partial charge on any atom is -0.493 e. The summed E-state index contributed by atoms with van der Waals surface area (Å²) in [6, 6.07) is 7.43. The summed E-state index contributed by atoms with van der Waals surface area (Å²) in [7, 11) is 1.43. The van der Waals surface area contributed by atoms with Crippen molar-refractivity contribution in [2.75, 3.05) is 13.7 Å². The van der Waals surface area contributed by atoms with E-state index in [0.717, 1.165) is 0 Å². The molecule has 1 aromatic carbocycles. The first kappa shape index (κ1) is 24.0. The fourth-order valence-electron chi connectivity index (χ4n) is 3.71. The average molecular weight is 495 g/mol. The molecule has 0 N–H and O–H groups in total. The maximum Gasteiger partial charge on any atom is 0.338 e. The minimum absolute atomic E-state index is 0.0000416. The van der Waals surface area contributed by atoms with Gasteiger partial charge in [0.25, 0.3) is 5.56 Å². The molecule has 0 bridgehead atoms. The zero-order valence-electron chi connectivity index (χ0n) is 19.3. The molecule has 3 heterocycles. The summed E-state index contributed by atoms with van der Waals surface area (Å²) in [6.07, 6.45) is 4.60. The van der Waals surface area contributed by atoms with Gasteiger partial charge in [-0.1, -0.05) is 30.1 Å². The van der Waals surface area contributed by atoms with Gasteiger partial charge in [-0.15, -0.1) is 0 Å². The lowest BCUT2D eigenvalue weighted by molar-refractivity contribution is -0.138. The van der Waals surface area contributed by atoms with Crippen LogP contribution in [0, 0.1) is 0 Å². The molecule has 180 valence electrons. The third-order valence-electron chi connectivity index (χ3n) is 5.15. The third kappa shape index (κ3) is 4.73. The van der Waals surface area contributed by atoms with Gasteiger partial charge in [-0.25, -0.2) is 9.79 Å². The van der Waals surface area contributed by atoms with Crippen LogP contribution in [0.4, 0.5) is 0 Å². The Kier molecular flexibility index (Phi) is 6.83. The number of benzene rings is 1. The highest BCUT2D eigenvalue weighted by atomic mass is 32.1. The molecular weight excluding hydrogens is 472 g/mol. The first-order valence-electron chi connectivity index (χ1n) is 10.5. The second-order valence-corrected chi connectivity index (χ2v) is 8.50. The van der Waals surface area contributed by atoms with Gasteiger partial charge in [-0.2, -0.15) is 0 Å². The van der Waals surface area contributed by atoms with Crippen molar-refractivity contribution in [2.24, 2.45) is 4.99 Å². The molecule has 10 heteroatoms. The number of ether oxygens (including phenoxy) is 3. The van der Waals surface area contributed by atoms with E-state index in [-0.39, 0.29) is 29.2 Å². The van der Waals surface area contributed by atoms with Gasteiger partial charge >= 0.3 is 11.9 Å². The number of allylic oxidation sites excluding steroid dienone is 1. The summed E-state index contributed by atoms with van der Waals surface area (Å²) >= 11 is 1.18. The van der Waals surface area contributed by atoms with Crippen molar-refractivity contribution in [3.63, 3.8) is 0 Å². The summed E-state index contributed by atoms with van der Waals surface area (Å²) in [5.74, 6) is -0.138. The number of hydrogen-bond acceptors (Lipinski definition) is 9. The molecule has 0 fully saturated rings. The Bertz CT molecular complexity index is 1510. The van der Waals surface area contributed by atoms with Gasteiger partial charge in [0.1, 0.15) is 12.4 Å². The molecule has 3 aromatic rings. The van der Waals surface area contributed by atoms with Crippen LogP contribution in [0.2, 0.25) is 0 Å². The number of carbonyl (C=O) groups is 2. The highest BCUT2D eigenvalue weighted by Crippen LogP contribution is 2.36. The summed E-state index contributed by atoms with van der Waals surface area (Å²) < 4.78 is 23.1. The van der Waals surface area contributed by atoms with Crippen LogP contribution in [0.1, 0.15) is 31.2 Å². The minimum atomic E-state index is -0.859. The van der Waals surface area contributed by atoms with Gasteiger partial charge < -0.3 is 18.6 Å². The van der Waals surface area contributed by atoms with E-state index in [4.69, 9.17) is 18.6 Å². The van der Waals surface area contributed by atoms with Crippen molar-refractivity contribution in [1.82, 2.24) is 4.57 Å². The SMILES string of the molecule is C=CCOC(=O)C1=C(C)N=c2s/c(=C\c3ccco3)c(=O)n2C1c1ccc(OC(C)=O)c(OC)c1. The van der Waals surface area contributed by atoms with Gasteiger partial charge in [-0.05, 0) is 36.8 Å². The molecular formula is C25H22N2O7S. The maximum absolute atomic E-state index is 13.5. The average Bonchev–Trinajstić information content (AvgIpc) is 3.44. The number of hydrogen-bond donors (Lipinski definition) is 0. The van der Waals surface area contributed by atoms with Crippen molar-refractivity contribution in [1.29, 1.82) is 0 Å². The molecule has 4 rings (SSSR count). The monoisotopic (exact) mass is 494 g/mol. The molecule has 9 nitrogen and oxygen atoms in total. The Morgan fingerprint density at radius 2 is 2.09 bits per heavy atom. The van der Waals surface area contributed by atoms with Crippen LogP contribution in [0.3, 0.4) is 0 Å². The van der Waals surface area contributed by atoms with E-state index < -0.39 is 18.0 Å². The third-order valence-corrected chi connectivity index (χ3v) is 6.13. The molecule has 2 aromatic heterocycles. The van der Waals surface area contributed by atoms with Crippen molar-refractivity contribution in [2.45, 2.75) is 19.9 Å². The van der Waals surface area contributed by atoms with Gasteiger partial charge in [0.2, 0.25) is 0 Å². The number of esters is 2. The van der Waals surface area contributed by atoms with E-state index >= 15 is 0 Å². The molecule has 0 spiro atoms. The van der Waals surface area contributed by atoms with Gasteiger partial charge in [-0.3, -0.25) is 14.2 Å².